The number of amides is 3. The molecule has 0 aliphatic carbocycles. The monoisotopic (exact) mass is 369 g/mol. The Morgan fingerprint density at radius 1 is 1.26 bits per heavy atom. The minimum Gasteiger partial charge on any atom is -0.491 e. The van der Waals surface area contributed by atoms with E-state index in [-0.39, 0.29) is 30.3 Å². The van der Waals surface area contributed by atoms with Crippen molar-refractivity contribution in [1.82, 2.24) is 10.2 Å². The van der Waals surface area contributed by atoms with Gasteiger partial charge in [-0.25, -0.2) is 9.18 Å². The summed E-state index contributed by atoms with van der Waals surface area (Å²) in [6.45, 7) is 0.808. The van der Waals surface area contributed by atoms with Crippen molar-refractivity contribution in [1.29, 1.82) is 0 Å². The molecule has 0 radical (unpaired) electrons. The van der Waals surface area contributed by atoms with Crippen molar-refractivity contribution in [2.75, 3.05) is 18.5 Å². The first-order chi connectivity index (χ1) is 13.1. The molecule has 27 heavy (non-hydrogen) atoms. The highest BCUT2D eigenvalue weighted by molar-refractivity contribution is 5.89. The lowest BCUT2D eigenvalue weighted by atomic mass is 10.0. The zero-order valence-corrected chi connectivity index (χ0v) is 14.7. The van der Waals surface area contributed by atoms with E-state index in [4.69, 9.17) is 4.74 Å². The van der Waals surface area contributed by atoms with Gasteiger partial charge in [0.05, 0.1) is 19.1 Å². The van der Waals surface area contributed by atoms with Crippen LogP contribution in [0.1, 0.15) is 30.0 Å². The number of fused-ring (bicyclic) bond motifs is 1. The molecule has 2 heterocycles. The van der Waals surface area contributed by atoms with Crippen LogP contribution >= 0.6 is 0 Å². The number of halogens is 1. The van der Waals surface area contributed by atoms with E-state index < -0.39 is 0 Å². The van der Waals surface area contributed by atoms with Gasteiger partial charge >= 0.3 is 6.03 Å². The molecule has 6 nitrogen and oxygen atoms in total. The second-order valence-corrected chi connectivity index (χ2v) is 6.70. The molecule has 1 atom stereocenters. The number of hydrogen-bond donors (Lipinski definition) is 2. The molecule has 2 aromatic carbocycles. The normalized spacial score (nSPS) is 18.9. The number of nitrogens with one attached hydrogen (secondary N) is 2. The first-order valence-electron chi connectivity index (χ1n) is 8.95. The second-order valence-electron chi connectivity index (χ2n) is 6.70. The summed E-state index contributed by atoms with van der Waals surface area (Å²) >= 11 is 0. The zero-order valence-electron chi connectivity index (χ0n) is 14.7. The van der Waals surface area contributed by atoms with Gasteiger partial charge in [-0.3, -0.25) is 4.79 Å². The number of ether oxygens (including phenoxy) is 1. The maximum absolute atomic E-state index is 14.1. The summed E-state index contributed by atoms with van der Waals surface area (Å²) < 4.78 is 19.7. The molecule has 0 saturated carbocycles. The third-order valence-corrected chi connectivity index (χ3v) is 4.87. The standard InChI is InChI=1S/C20H20FN3O3/c21-16-5-2-6-18-15(16)12-24(9-10-27-18)20(26)22-14-4-1-3-13(11-14)17-7-8-19(25)23-17/h1-6,11,17H,7-10,12H2,(H,22,26)(H,23,25). The average molecular weight is 369 g/mol. The Morgan fingerprint density at radius 2 is 2.11 bits per heavy atom. The SMILES string of the molecule is O=C1CCC(c2cccc(NC(=O)N3CCOc4cccc(F)c4C3)c2)N1. The Hall–Kier alpha value is -3.09. The fourth-order valence-corrected chi connectivity index (χ4v) is 3.44. The maximum Gasteiger partial charge on any atom is 0.322 e. The number of nitrogens with zero attached hydrogens (tertiary/aromatic N) is 1. The van der Waals surface area contributed by atoms with E-state index in [0.717, 1.165) is 12.0 Å². The number of rotatable bonds is 2. The van der Waals surface area contributed by atoms with Gasteiger partial charge in [0, 0.05) is 17.7 Å². The number of carbonyl (C=O) groups is 2. The number of hydrogen-bond acceptors (Lipinski definition) is 3. The molecule has 2 aliphatic rings. The van der Waals surface area contributed by atoms with Gasteiger partial charge in [0.1, 0.15) is 18.2 Å². The Bertz CT molecular complexity index is 887. The molecular formula is C20H20FN3O3. The highest BCUT2D eigenvalue weighted by Crippen LogP contribution is 2.27. The van der Waals surface area contributed by atoms with Crippen LogP contribution in [0.25, 0.3) is 0 Å². The van der Waals surface area contributed by atoms with Crippen LogP contribution in [0.2, 0.25) is 0 Å². The van der Waals surface area contributed by atoms with E-state index in [1.165, 1.54) is 11.0 Å². The fourth-order valence-electron chi connectivity index (χ4n) is 3.44. The van der Waals surface area contributed by atoms with E-state index in [0.29, 0.717) is 36.6 Å². The molecule has 1 unspecified atom stereocenters. The first-order valence-corrected chi connectivity index (χ1v) is 8.95. The van der Waals surface area contributed by atoms with Crippen LogP contribution in [0.3, 0.4) is 0 Å². The molecule has 1 fully saturated rings. The van der Waals surface area contributed by atoms with E-state index >= 15 is 0 Å². The molecule has 7 heteroatoms. The van der Waals surface area contributed by atoms with Gasteiger partial charge in [0.15, 0.2) is 0 Å². The summed E-state index contributed by atoms with van der Waals surface area (Å²) in [7, 11) is 0. The number of carbonyl (C=O) groups excluding carboxylic acids is 2. The number of urea groups is 1. The van der Waals surface area contributed by atoms with Gasteiger partial charge in [0.2, 0.25) is 5.91 Å². The summed E-state index contributed by atoms with van der Waals surface area (Å²) in [4.78, 5) is 25.6. The Kier molecular flexibility index (Phi) is 4.66. The third-order valence-electron chi connectivity index (χ3n) is 4.87. The molecule has 2 N–H and O–H groups in total. The van der Waals surface area contributed by atoms with Gasteiger partial charge in [-0.05, 0) is 36.2 Å². The quantitative estimate of drug-likeness (QED) is 0.854. The van der Waals surface area contributed by atoms with E-state index in [9.17, 15) is 14.0 Å². The van der Waals surface area contributed by atoms with Gasteiger partial charge in [0.25, 0.3) is 0 Å². The molecule has 1 saturated heterocycles. The first kappa shape index (κ1) is 17.3. The zero-order chi connectivity index (χ0) is 18.8. The van der Waals surface area contributed by atoms with Crippen molar-refractivity contribution in [2.45, 2.75) is 25.4 Å². The minimum atomic E-state index is -0.383. The summed E-state index contributed by atoms with van der Waals surface area (Å²) in [5.74, 6) is 0.134. The third kappa shape index (κ3) is 3.72. The van der Waals surface area contributed by atoms with Crippen LogP contribution in [-0.2, 0) is 11.3 Å². The van der Waals surface area contributed by atoms with Crippen molar-refractivity contribution in [3.63, 3.8) is 0 Å². The van der Waals surface area contributed by atoms with E-state index in [2.05, 4.69) is 10.6 Å². The summed E-state index contributed by atoms with van der Waals surface area (Å²) in [5, 5.41) is 5.78. The second kappa shape index (κ2) is 7.26. The van der Waals surface area contributed by atoms with Gasteiger partial charge in [-0.15, -0.1) is 0 Å². The van der Waals surface area contributed by atoms with Crippen LogP contribution in [0.4, 0.5) is 14.9 Å². The highest BCUT2D eigenvalue weighted by Gasteiger charge is 2.24. The number of benzene rings is 2. The van der Waals surface area contributed by atoms with Crippen molar-refractivity contribution in [3.8, 4) is 5.75 Å². The fraction of sp³-hybridized carbons (Fsp3) is 0.300. The van der Waals surface area contributed by atoms with Crippen LogP contribution < -0.4 is 15.4 Å². The Morgan fingerprint density at radius 3 is 2.93 bits per heavy atom. The Labute approximate surface area is 156 Å². The molecule has 140 valence electrons. The Balaban J connectivity index is 1.48. The van der Waals surface area contributed by atoms with E-state index in [1.54, 1.807) is 18.2 Å². The number of anilines is 1. The molecule has 0 aromatic heterocycles. The summed E-state index contributed by atoms with van der Waals surface area (Å²) in [5.41, 5.74) is 1.97. The van der Waals surface area contributed by atoms with Crippen molar-refractivity contribution in [2.24, 2.45) is 0 Å². The summed E-state index contributed by atoms with van der Waals surface area (Å²) in [6, 6.07) is 11.7. The van der Waals surface area contributed by atoms with E-state index in [1.807, 2.05) is 18.2 Å². The average Bonchev–Trinajstić information content (AvgIpc) is 2.97. The molecule has 2 aliphatic heterocycles. The molecule has 4 rings (SSSR count). The molecule has 2 aromatic rings. The van der Waals surface area contributed by atoms with Gasteiger partial charge in [-0.2, -0.15) is 0 Å². The molecule has 0 bridgehead atoms. The highest BCUT2D eigenvalue weighted by atomic mass is 19.1. The maximum atomic E-state index is 14.1. The lowest BCUT2D eigenvalue weighted by Gasteiger charge is -2.21. The largest absolute Gasteiger partial charge is 0.491 e. The van der Waals surface area contributed by atoms with Crippen LogP contribution in [0, 0.1) is 5.82 Å². The van der Waals surface area contributed by atoms with Gasteiger partial charge in [-0.1, -0.05) is 18.2 Å². The molecule has 0 spiro atoms. The lowest BCUT2D eigenvalue weighted by Crippen LogP contribution is -2.36. The topological polar surface area (TPSA) is 70.7 Å². The lowest BCUT2D eigenvalue weighted by molar-refractivity contribution is -0.119. The van der Waals surface area contributed by atoms with Crippen molar-refractivity contribution >= 4 is 17.6 Å². The van der Waals surface area contributed by atoms with Crippen molar-refractivity contribution in [3.05, 3.63) is 59.4 Å². The summed E-state index contributed by atoms with van der Waals surface area (Å²) in [6.07, 6.45) is 1.26. The van der Waals surface area contributed by atoms with Crippen LogP contribution in [0.15, 0.2) is 42.5 Å². The minimum absolute atomic E-state index is 0.0260. The predicted octanol–water partition coefficient (Wildman–Crippen LogP) is 3.20. The van der Waals surface area contributed by atoms with Crippen LogP contribution in [-0.4, -0.2) is 30.0 Å². The smallest absolute Gasteiger partial charge is 0.322 e. The molecule has 3 amide bonds. The van der Waals surface area contributed by atoms with Crippen molar-refractivity contribution < 1.29 is 18.7 Å². The molecular weight excluding hydrogens is 349 g/mol. The van der Waals surface area contributed by atoms with Gasteiger partial charge < -0.3 is 20.3 Å². The van der Waals surface area contributed by atoms with Crippen LogP contribution in [0.5, 0.6) is 5.75 Å². The predicted molar refractivity (Wildman–Crippen MR) is 97.9 cm³/mol.